The minimum absolute atomic E-state index is 0. The molecule has 0 saturated carbocycles. The van der Waals surface area contributed by atoms with Gasteiger partial charge in [0.2, 0.25) is 0 Å². The summed E-state index contributed by atoms with van der Waals surface area (Å²) >= 11 is 0. The molecular formula is C3Cr2O9. The van der Waals surface area contributed by atoms with E-state index in [-0.39, 0.29) is 34.7 Å². The number of hydrogen-bond donors (Lipinski definition) is 0. The molecule has 0 aliphatic carbocycles. The minimum atomic E-state index is -2.33. The van der Waals surface area contributed by atoms with Gasteiger partial charge in [0.15, 0.2) is 0 Å². The molecule has 0 rings (SSSR count). The fraction of sp³-hybridized carbons (Fsp3) is 0. The Kier molecular flexibility index (Phi) is 47.4. The van der Waals surface area contributed by atoms with Crippen molar-refractivity contribution in [3.8, 4) is 0 Å². The van der Waals surface area contributed by atoms with E-state index in [4.69, 9.17) is 45.0 Å². The molecule has 0 heterocycles. The molecule has 0 aliphatic heterocycles. The topological polar surface area (TPSA) is 190 Å². The van der Waals surface area contributed by atoms with Gasteiger partial charge in [0, 0.05) is 0 Å². The summed E-state index contributed by atoms with van der Waals surface area (Å²) in [5.74, 6) is 0. The summed E-state index contributed by atoms with van der Waals surface area (Å²) in [6.45, 7) is 0. The van der Waals surface area contributed by atoms with Crippen molar-refractivity contribution in [1.29, 1.82) is 0 Å². The van der Waals surface area contributed by atoms with Gasteiger partial charge in [-0.3, -0.25) is 0 Å². The smallest absolute Gasteiger partial charge is 0.652 e. The number of carbonyl (C=O) groups excluding carboxylic acids is 3. The van der Waals surface area contributed by atoms with Crippen LogP contribution in [-0.2, 0) is 34.7 Å². The van der Waals surface area contributed by atoms with Crippen molar-refractivity contribution in [3.05, 3.63) is 0 Å². The van der Waals surface area contributed by atoms with Gasteiger partial charge < -0.3 is 45.0 Å². The fourth-order valence-corrected chi connectivity index (χ4v) is 0. The molecule has 0 aromatic heterocycles. The zero-order valence-electron chi connectivity index (χ0n) is 5.99. The summed E-state index contributed by atoms with van der Waals surface area (Å²) < 4.78 is 0. The van der Waals surface area contributed by atoms with Gasteiger partial charge in [0.25, 0.3) is 0 Å². The van der Waals surface area contributed by atoms with E-state index >= 15 is 0 Å². The SMILES string of the molecule is O=C([O-])[O-].O=C([O-])[O-].O=C([O-])[O-].[Cr+3].[Cr+3]. The van der Waals surface area contributed by atoms with E-state index in [0.717, 1.165) is 0 Å². The van der Waals surface area contributed by atoms with E-state index < -0.39 is 18.5 Å². The Bertz CT molecular complexity index is 116. The van der Waals surface area contributed by atoms with E-state index in [2.05, 4.69) is 0 Å². The third-order valence-electron chi connectivity index (χ3n) is 0. The average Bonchev–Trinajstić information content (AvgIpc) is 1.54. The normalized spacial score (nSPS) is 5.14. The van der Waals surface area contributed by atoms with E-state index in [1.54, 1.807) is 0 Å². The molecule has 11 heteroatoms. The van der Waals surface area contributed by atoms with Gasteiger partial charge in [-0.1, -0.05) is 0 Å². The first-order valence-corrected chi connectivity index (χ1v) is 1.84. The first kappa shape index (κ1) is 29.3. The average molecular weight is 284 g/mol. The monoisotopic (exact) mass is 284 g/mol. The molecule has 0 N–H and O–H groups in total. The zero-order chi connectivity index (χ0) is 10.7. The van der Waals surface area contributed by atoms with Gasteiger partial charge in [-0.15, -0.1) is 0 Å². The molecule has 0 atom stereocenters. The van der Waals surface area contributed by atoms with Crippen LogP contribution in [0.3, 0.4) is 0 Å². The molecule has 0 aromatic carbocycles. The summed E-state index contributed by atoms with van der Waals surface area (Å²) in [6.07, 6.45) is -7.00. The predicted molar refractivity (Wildman–Crippen MR) is 16.2 cm³/mol. The summed E-state index contributed by atoms with van der Waals surface area (Å²) in [5.41, 5.74) is 0. The van der Waals surface area contributed by atoms with Crippen molar-refractivity contribution in [3.63, 3.8) is 0 Å². The van der Waals surface area contributed by atoms with Crippen LogP contribution in [0, 0.1) is 0 Å². The summed E-state index contributed by atoms with van der Waals surface area (Å²) in [4.78, 5) is 25.0. The van der Waals surface area contributed by atoms with Crippen LogP contribution in [0.5, 0.6) is 0 Å². The van der Waals surface area contributed by atoms with E-state index in [0.29, 0.717) is 0 Å². The van der Waals surface area contributed by atoms with Crippen LogP contribution in [0.25, 0.3) is 0 Å². The number of hydrogen-bond acceptors (Lipinski definition) is 9. The molecule has 0 amide bonds. The quantitative estimate of drug-likeness (QED) is 0.415. The van der Waals surface area contributed by atoms with E-state index in [1.165, 1.54) is 0 Å². The largest absolute Gasteiger partial charge is 3.00 e. The molecule has 78 valence electrons. The Morgan fingerprint density at radius 3 is 0.500 bits per heavy atom. The van der Waals surface area contributed by atoms with Crippen LogP contribution in [0.15, 0.2) is 0 Å². The van der Waals surface area contributed by atoms with Gasteiger partial charge in [-0.05, 0) is 18.5 Å². The van der Waals surface area contributed by atoms with Crippen LogP contribution in [0.4, 0.5) is 14.4 Å². The Hall–Kier alpha value is -1.13. The molecule has 0 saturated heterocycles. The zero-order valence-corrected chi connectivity index (χ0v) is 8.54. The fourth-order valence-electron chi connectivity index (χ4n) is 0. The van der Waals surface area contributed by atoms with Crippen molar-refractivity contribution in [2.45, 2.75) is 0 Å². The van der Waals surface area contributed by atoms with Crippen LogP contribution in [-0.4, -0.2) is 18.5 Å². The van der Waals surface area contributed by atoms with Crippen LogP contribution in [0.1, 0.15) is 0 Å². The maximum absolute atomic E-state index is 8.33. The molecule has 14 heavy (non-hydrogen) atoms. The molecule has 0 aliphatic rings. The second kappa shape index (κ2) is 22.6. The third kappa shape index (κ3) is 838. The van der Waals surface area contributed by atoms with Gasteiger partial charge >= 0.3 is 34.7 Å². The molecule has 0 fully saturated rings. The van der Waals surface area contributed by atoms with Crippen LogP contribution >= 0.6 is 0 Å². The third-order valence-corrected chi connectivity index (χ3v) is 0. The molecule has 0 bridgehead atoms. The van der Waals surface area contributed by atoms with E-state index in [1.807, 2.05) is 0 Å². The van der Waals surface area contributed by atoms with Gasteiger partial charge in [-0.2, -0.15) is 0 Å². The maximum Gasteiger partial charge on any atom is 3.00 e. The number of carboxylic acid groups (broad SMARTS) is 6. The van der Waals surface area contributed by atoms with Crippen molar-refractivity contribution >= 4 is 18.5 Å². The Balaban J connectivity index is -0.0000000270. The van der Waals surface area contributed by atoms with Crippen molar-refractivity contribution in [2.24, 2.45) is 0 Å². The molecule has 9 nitrogen and oxygen atoms in total. The van der Waals surface area contributed by atoms with Gasteiger partial charge in [0.05, 0.1) is 0 Å². The van der Waals surface area contributed by atoms with Crippen molar-refractivity contribution < 1.29 is 79.7 Å². The maximum atomic E-state index is 8.33. The minimum Gasteiger partial charge on any atom is -0.652 e. The molecule has 2 radical (unpaired) electrons. The molecule has 0 spiro atoms. The van der Waals surface area contributed by atoms with Crippen LogP contribution < -0.4 is 30.6 Å². The standard InChI is InChI=1S/3CH2O3.2Cr/c3*2-1(3)4;;/h3*(H2,2,3,4);;/q;;;2*+3/p-6. The molecular weight excluding hydrogens is 284 g/mol. The van der Waals surface area contributed by atoms with E-state index in [9.17, 15) is 0 Å². The summed E-state index contributed by atoms with van der Waals surface area (Å²) in [7, 11) is 0. The molecule has 0 unspecified atom stereocenters. The predicted octanol–water partition coefficient (Wildman–Crippen LogP) is -7.35. The summed E-state index contributed by atoms with van der Waals surface area (Å²) in [5, 5.41) is 50.0. The van der Waals surface area contributed by atoms with Gasteiger partial charge in [0.1, 0.15) is 0 Å². The van der Waals surface area contributed by atoms with Gasteiger partial charge in [-0.25, -0.2) is 0 Å². The Morgan fingerprint density at radius 1 is 0.500 bits per heavy atom. The first-order valence-electron chi connectivity index (χ1n) is 1.84. The second-order valence-corrected chi connectivity index (χ2v) is 0.750. The second-order valence-electron chi connectivity index (χ2n) is 0.750. The Labute approximate surface area is 98.5 Å². The summed E-state index contributed by atoms with van der Waals surface area (Å²) in [6, 6.07) is 0. The number of carbonyl (C=O) groups is 3. The Morgan fingerprint density at radius 2 is 0.500 bits per heavy atom. The first-order chi connectivity index (χ1) is 5.20. The number of rotatable bonds is 0. The molecule has 0 aromatic rings. The van der Waals surface area contributed by atoms with Crippen molar-refractivity contribution in [1.82, 2.24) is 0 Å². The van der Waals surface area contributed by atoms with Crippen LogP contribution in [0.2, 0.25) is 0 Å². The van der Waals surface area contributed by atoms with Crippen molar-refractivity contribution in [2.75, 3.05) is 0 Å².